The lowest BCUT2D eigenvalue weighted by molar-refractivity contribution is -0.117. The third-order valence-corrected chi connectivity index (χ3v) is 4.91. The highest BCUT2D eigenvalue weighted by Crippen LogP contribution is 2.23. The number of nitrogens with zero attached hydrogens (tertiary/aromatic N) is 1. The van der Waals surface area contributed by atoms with Crippen LogP contribution in [0.25, 0.3) is 0 Å². The number of halogens is 1. The van der Waals surface area contributed by atoms with Crippen molar-refractivity contribution >= 4 is 24.0 Å². The lowest BCUT2D eigenvalue weighted by Gasteiger charge is -2.31. The first kappa shape index (κ1) is 21.9. The van der Waals surface area contributed by atoms with Gasteiger partial charge in [-0.3, -0.25) is 9.69 Å². The molecule has 1 heterocycles. The molecular weight excluding hydrogens is 334 g/mol. The number of anilines is 1. The molecule has 25 heavy (non-hydrogen) atoms. The zero-order chi connectivity index (χ0) is 17.6. The number of carbonyl (C=O) groups is 1. The van der Waals surface area contributed by atoms with Crippen molar-refractivity contribution in [2.45, 2.75) is 45.4 Å². The van der Waals surface area contributed by atoms with Crippen molar-refractivity contribution < 1.29 is 4.79 Å². The van der Waals surface area contributed by atoms with Gasteiger partial charge >= 0.3 is 0 Å². The summed E-state index contributed by atoms with van der Waals surface area (Å²) < 4.78 is 0. The van der Waals surface area contributed by atoms with Crippen LogP contribution in [0, 0.1) is 5.92 Å². The maximum absolute atomic E-state index is 12.3. The summed E-state index contributed by atoms with van der Waals surface area (Å²) in [6.45, 7) is 10.2. The molecule has 1 fully saturated rings. The summed E-state index contributed by atoms with van der Waals surface area (Å²) in [5, 5.41) is 6.24. The van der Waals surface area contributed by atoms with Crippen molar-refractivity contribution in [1.29, 1.82) is 0 Å². The largest absolute Gasteiger partial charge is 0.325 e. The molecule has 4 nitrogen and oxygen atoms in total. The van der Waals surface area contributed by atoms with Crippen molar-refractivity contribution in [3.05, 3.63) is 29.8 Å². The second kappa shape index (κ2) is 10.1. The van der Waals surface area contributed by atoms with E-state index in [0.29, 0.717) is 6.54 Å². The fourth-order valence-electron chi connectivity index (χ4n) is 3.24. The summed E-state index contributed by atoms with van der Waals surface area (Å²) in [5.74, 6) is 0.897. The molecule has 2 N–H and O–H groups in total. The van der Waals surface area contributed by atoms with E-state index < -0.39 is 0 Å². The molecule has 1 aromatic rings. The first-order chi connectivity index (χ1) is 11.4. The van der Waals surface area contributed by atoms with Crippen LogP contribution in [0.1, 0.15) is 45.6 Å². The van der Waals surface area contributed by atoms with Crippen molar-refractivity contribution in [3.63, 3.8) is 0 Å². The highest BCUT2D eigenvalue weighted by atomic mass is 35.5. The number of amides is 1. The average molecular weight is 368 g/mol. The van der Waals surface area contributed by atoms with Gasteiger partial charge in [0.2, 0.25) is 5.91 Å². The number of rotatable bonds is 6. The van der Waals surface area contributed by atoms with Gasteiger partial charge in [0.15, 0.2) is 0 Å². The lowest BCUT2D eigenvalue weighted by atomic mass is 9.87. The van der Waals surface area contributed by atoms with E-state index >= 15 is 0 Å². The first-order valence-electron chi connectivity index (χ1n) is 9.16. The molecular formula is C20H34ClN3O. The van der Waals surface area contributed by atoms with Gasteiger partial charge in [-0.2, -0.15) is 0 Å². The molecule has 142 valence electrons. The molecule has 1 saturated heterocycles. The Labute approximate surface area is 159 Å². The van der Waals surface area contributed by atoms with E-state index in [9.17, 15) is 4.79 Å². The minimum Gasteiger partial charge on any atom is -0.325 e. The highest BCUT2D eigenvalue weighted by Gasteiger charge is 2.20. The van der Waals surface area contributed by atoms with E-state index in [1.165, 1.54) is 24.8 Å². The molecule has 0 spiro atoms. The Bertz CT molecular complexity index is 517. The number of benzene rings is 1. The van der Waals surface area contributed by atoms with Crippen LogP contribution in [0.4, 0.5) is 5.69 Å². The van der Waals surface area contributed by atoms with Crippen LogP contribution < -0.4 is 10.6 Å². The number of likely N-dealkylation sites (tertiary alicyclic amines) is 1. The van der Waals surface area contributed by atoms with E-state index in [-0.39, 0.29) is 23.7 Å². The predicted molar refractivity (Wildman–Crippen MR) is 109 cm³/mol. The number of carbonyl (C=O) groups excluding carboxylic acids is 1. The molecule has 0 aromatic heterocycles. The summed E-state index contributed by atoms with van der Waals surface area (Å²) in [6, 6.07) is 8.21. The molecule has 0 atom stereocenters. The summed E-state index contributed by atoms with van der Waals surface area (Å²) in [4.78, 5) is 14.5. The third kappa shape index (κ3) is 7.35. The maximum Gasteiger partial charge on any atom is 0.238 e. The van der Waals surface area contributed by atoms with Gasteiger partial charge < -0.3 is 10.6 Å². The molecule has 1 aliphatic heterocycles. The van der Waals surface area contributed by atoms with Crippen LogP contribution in [0.2, 0.25) is 0 Å². The average Bonchev–Trinajstić information content (AvgIpc) is 2.54. The molecule has 0 radical (unpaired) electrons. The molecule has 2 rings (SSSR count). The van der Waals surface area contributed by atoms with Crippen LogP contribution in [-0.4, -0.2) is 44.0 Å². The van der Waals surface area contributed by atoms with Gasteiger partial charge in [-0.05, 0) is 75.0 Å². The Morgan fingerprint density at radius 2 is 1.76 bits per heavy atom. The molecule has 1 aliphatic rings. The minimum absolute atomic E-state index is 0. The minimum atomic E-state index is 0. The second-order valence-electron chi connectivity index (χ2n) is 7.99. The van der Waals surface area contributed by atoms with E-state index in [1.54, 1.807) is 0 Å². The first-order valence-corrected chi connectivity index (χ1v) is 9.16. The van der Waals surface area contributed by atoms with Crippen molar-refractivity contribution in [3.8, 4) is 0 Å². The Morgan fingerprint density at radius 1 is 1.16 bits per heavy atom. The fourth-order valence-corrected chi connectivity index (χ4v) is 3.24. The maximum atomic E-state index is 12.3. The molecule has 0 bridgehead atoms. The molecule has 0 saturated carbocycles. The number of hydrogen-bond donors (Lipinski definition) is 2. The van der Waals surface area contributed by atoms with Gasteiger partial charge in [-0.1, -0.05) is 32.9 Å². The Morgan fingerprint density at radius 3 is 2.28 bits per heavy atom. The van der Waals surface area contributed by atoms with E-state index in [2.05, 4.69) is 48.4 Å². The Hall–Kier alpha value is -1.10. The van der Waals surface area contributed by atoms with Crippen LogP contribution in [-0.2, 0) is 10.2 Å². The number of piperidine rings is 1. The van der Waals surface area contributed by atoms with E-state index in [0.717, 1.165) is 31.2 Å². The quantitative estimate of drug-likeness (QED) is 0.806. The van der Waals surface area contributed by atoms with Gasteiger partial charge in [0.25, 0.3) is 0 Å². The third-order valence-electron chi connectivity index (χ3n) is 4.91. The number of hydrogen-bond acceptors (Lipinski definition) is 3. The summed E-state index contributed by atoms with van der Waals surface area (Å²) >= 11 is 0. The van der Waals surface area contributed by atoms with Crippen LogP contribution in [0.5, 0.6) is 0 Å². The standard InChI is InChI=1S/C20H33N3O.ClH/c1-20(2,3)17-5-7-18(8-6-17)22-19(24)15-23-13-10-16(11-14-23)9-12-21-4;/h5-8,16,21H,9-15H2,1-4H3,(H,22,24);1H. The number of nitrogens with one attached hydrogen (secondary N) is 2. The van der Waals surface area contributed by atoms with Crippen molar-refractivity contribution in [1.82, 2.24) is 10.2 Å². The van der Waals surface area contributed by atoms with Gasteiger partial charge in [0.1, 0.15) is 0 Å². The topological polar surface area (TPSA) is 44.4 Å². The monoisotopic (exact) mass is 367 g/mol. The summed E-state index contributed by atoms with van der Waals surface area (Å²) in [6.07, 6.45) is 3.65. The molecule has 5 heteroatoms. The SMILES string of the molecule is CNCCC1CCN(CC(=O)Nc2ccc(C(C)(C)C)cc2)CC1.Cl. The normalized spacial score (nSPS) is 16.3. The van der Waals surface area contributed by atoms with Crippen LogP contribution >= 0.6 is 12.4 Å². The predicted octanol–water partition coefficient (Wildman–Crippen LogP) is 3.67. The zero-order valence-electron chi connectivity index (χ0n) is 16.1. The molecule has 0 aliphatic carbocycles. The summed E-state index contributed by atoms with van der Waals surface area (Å²) in [5.41, 5.74) is 2.31. The van der Waals surface area contributed by atoms with Crippen LogP contribution in [0.3, 0.4) is 0 Å². The summed E-state index contributed by atoms with van der Waals surface area (Å²) in [7, 11) is 2.01. The molecule has 1 amide bonds. The Kier molecular flexibility index (Phi) is 8.91. The van der Waals surface area contributed by atoms with Crippen LogP contribution in [0.15, 0.2) is 24.3 Å². The molecule has 1 aromatic carbocycles. The van der Waals surface area contributed by atoms with E-state index in [4.69, 9.17) is 0 Å². The van der Waals surface area contributed by atoms with Crippen molar-refractivity contribution in [2.24, 2.45) is 5.92 Å². The Balaban J connectivity index is 0.00000312. The van der Waals surface area contributed by atoms with Gasteiger partial charge in [-0.15, -0.1) is 12.4 Å². The van der Waals surface area contributed by atoms with E-state index in [1.807, 2.05) is 19.2 Å². The van der Waals surface area contributed by atoms with Gasteiger partial charge in [0.05, 0.1) is 6.54 Å². The second-order valence-corrected chi connectivity index (χ2v) is 7.99. The zero-order valence-corrected chi connectivity index (χ0v) is 16.9. The fraction of sp³-hybridized carbons (Fsp3) is 0.650. The van der Waals surface area contributed by atoms with Gasteiger partial charge in [-0.25, -0.2) is 0 Å². The molecule has 0 unspecified atom stereocenters. The smallest absolute Gasteiger partial charge is 0.238 e. The van der Waals surface area contributed by atoms with Gasteiger partial charge in [0, 0.05) is 5.69 Å². The lowest BCUT2D eigenvalue weighted by Crippen LogP contribution is -2.39. The highest BCUT2D eigenvalue weighted by molar-refractivity contribution is 5.92. The van der Waals surface area contributed by atoms with Crippen molar-refractivity contribution in [2.75, 3.05) is 38.5 Å².